The summed E-state index contributed by atoms with van der Waals surface area (Å²) in [5.41, 5.74) is 1.26. The molecular weight excluding hydrogens is 374 g/mol. The van der Waals surface area contributed by atoms with Crippen LogP contribution in [-0.4, -0.2) is 33.5 Å². The van der Waals surface area contributed by atoms with Gasteiger partial charge in [0.15, 0.2) is 10.8 Å². The summed E-state index contributed by atoms with van der Waals surface area (Å²) in [6, 6.07) is 9.67. The van der Waals surface area contributed by atoms with E-state index in [0.717, 1.165) is 30.2 Å². The maximum Gasteiger partial charge on any atom is 0.273 e. The van der Waals surface area contributed by atoms with Gasteiger partial charge in [0.05, 0.1) is 0 Å². The van der Waals surface area contributed by atoms with Crippen LogP contribution in [0.3, 0.4) is 0 Å². The van der Waals surface area contributed by atoms with Crippen molar-refractivity contribution in [2.75, 3.05) is 18.0 Å². The number of anilines is 1. The summed E-state index contributed by atoms with van der Waals surface area (Å²) in [6.07, 6.45) is 3.77. The molecule has 2 aromatic heterocycles. The molecule has 0 unspecified atom stereocenters. The zero-order valence-corrected chi connectivity index (χ0v) is 16.6. The van der Waals surface area contributed by atoms with Crippen LogP contribution in [0.4, 0.5) is 5.13 Å². The molecule has 28 heavy (non-hydrogen) atoms. The van der Waals surface area contributed by atoms with Gasteiger partial charge in [0.1, 0.15) is 17.6 Å². The molecule has 0 spiro atoms. The van der Waals surface area contributed by atoms with Crippen molar-refractivity contribution in [1.29, 1.82) is 0 Å². The number of hydrogen-bond acceptors (Lipinski definition) is 6. The van der Waals surface area contributed by atoms with Gasteiger partial charge in [-0.3, -0.25) is 14.2 Å². The molecule has 1 aliphatic heterocycles. The number of piperidine rings is 1. The second-order valence-electron chi connectivity index (χ2n) is 7.28. The molecule has 146 valence electrons. The van der Waals surface area contributed by atoms with E-state index < -0.39 is 0 Å². The van der Waals surface area contributed by atoms with E-state index in [4.69, 9.17) is 0 Å². The van der Waals surface area contributed by atoms with Gasteiger partial charge in [-0.1, -0.05) is 48.6 Å². The Labute approximate surface area is 167 Å². The molecule has 3 aromatic rings. The number of benzene rings is 1. The molecule has 1 aliphatic rings. The van der Waals surface area contributed by atoms with Crippen molar-refractivity contribution in [2.24, 2.45) is 5.92 Å². The molecule has 0 bridgehead atoms. The third-order valence-corrected chi connectivity index (χ3v) is 6.04. The standard InChI is InChI=1S/C20H23N5O2S/c1-14-6-5-9-24(11-14)20-23-18-17(28-20)19(27)25(13-22-18)12-16(26)21-10-15-7-3-2-4-8-15/h2-4,7-8,13-14H,5-6,9-12H2,1H3,(H,21,26)/t14-/m1/s1. The number of aromatic nitrogens is 3. The van der Waals surface area contributed by atoms with Crippen LogP contribution in [0.1, 0.15) is 25.3 Å². The van der Waals surface area contributed by atoms with Crippen molar-refractivity contribution >= 4 is 32.7 Å². The van der Waals surface area contributed by atoms with E-state index in [1.54, 1.807) is 0 Å². The maximum atomic E-state index is 12.8. The SMILES string of the molecule is C[C@@H]1CCCN(c2nc3ncn(CC(=O)NCc4ccccc4)c(=O)c3s2)C1. The number of thiazole rings is 1. The minimum Gasteiger partial charge on any atom is -0.350 e. The fourth-order valence-corrected chi connectivity index (χ4v) is 4.46. The average molecular weight is 398 g/mol. The Kier molecular flexibility index (Phi) is 5.38. The van der Waals surface area contributed by atoms with Crippen LogP contribution in [0, 0.1) is 5.92 Å². The van der Waals surface area contributed by atoms with Crippen LogP contribution in [0.5, 0.6) is 0 Å². The van der Waals surface area contributed by atoms with Gasteiger partial charge in [-0.15, -0.1) is 0 Å². The van der Waals surface area contributed by atoms with E-state index in [9.17, 15) is 9.59 Å². The highest BCUT2D eigenvalue weighted by Gasteiger charge is 2.21. The van der Waals surface area contributed by atoms with Gasteiger partial charge in [0.2, 0.25) is 5.91 Å². The minimum atomic E-state index is -0.221. The van der Waals surface area contributed by atoms with Crippen LogP contribution in [0.2, 0.25) is 0 Å². The van der Waals surface area contributed by atoms with Gasteiger partial charge < -0.3 is 10.2 Å². The first-order valence-corrected chi connectivity index (χ1v) is 10.3. The summed E-state index contributed by atoms with van der Waals surface area (Å²) in [4.78, 5) is 36.1. The molecule has 0 aliphatic carbocycles. The third-order valence-electron chi connectivity index (χ3n) is 4.95. The zero-order chi connectivity index (χ0) is 19.5. The topological polar surface area (TPSA) is 80.1 Å². The lowest BCUT2D eigenvalue weighted by molar-refractivity contribution is -0.121. The molecule has 8 heteroatoms. The normalized spacial score (nSPS) is 17.0. The first-order chi connectivity index (χ1) is 13.6. The van der Waals surface area contributed by atoms with E-state index in [0.29, 0.717) is 22.8 Å². The molecule has 3 heterocycles. The van der Waals surface area contributed by atoms with Crippen LogP contribution >= 0.6 is 11.3 Å². The Balaban J connectivity index is 1.48. The monoisotopic (exact) mass is 397 g/mol. The summed E-state index contributed by atoms with van der Waals surface area (Å²) in [6.45, 7) is 4.53. The Bertz CT molecular complexity index is 1030. The lowest BCUT2D eigenvalue weighted by atomic mass is 10.0. The summed E-state index contributed by atoms with van der Waals surface area (Å²) in [7, 11) is 0. The lowest BCUT2D eigenvalue weighted by Crippen LogP contribution is -2.34. The van der Waals surface area contributed by atoms with E-state index in [1.165, 1.54) is 28.7 Å². The number of amides is 1. The van der Waals surface area contributed by atoms with Crippen molar-refractivity contribution in [1.82, 2.24) is 19.9 Å². The molecule has 1 aromatic carbocycles. The van der Waals surface area contributed by atoms with Crippen LogP contribution < -0.4 is 15.8 Å². The highest BCUT2D eigenvalue weighted by Crippen LogP contribution is 2.28. The number of nitrogens with zero attached hydrogens (tertiary/aromatic N) is 4. The first-order valence-electron chi connectivity index (χ1n) is 9.51. The Morgan fingerprint density at radius 1 is 1.32 bits per heavy atom. The second kappa shape index (κ2) is 8.10. The quantitative estimate of drug-likeness (QED) is 0.715. The summed E-state index contributed by atoms with van der Waals surface area (Å²) in [5, 5.41) is 3.68. The molecular formula is C20H23N5O2S. The Hall–Kier alpha value is -2.74. The van der Waals surface area contributed by atoms with Gasteiger partial charge in [0, 0.05) is 19.6 Å². The predicted octanol–water partition coefficient (Wildman–Crippen LogP) is 2.41. The van der Waals surface area contributed by atoms with Crippen molar-refractivity contribution in [3.05, 3.63) is 52.6 Å². The van der Waals surface area contributed by atoms with Crippen LogP contribution in [0.15, 0.2) is 41.5 Å². The maximum absolute atomic E-state index is 12.8. The number of hydrogen-bond donors (Lipinski definition) is 1. The Morgan fingerprint density at radius 2 is 2.14 bits per heavy atom. The first kappa shape index (κ1) is 18.6. The van der Waals surface area contributed by atoms with Gasteiger partial charge in [0.25, 0.3) is 5.56 Å². The smallest absolute Gasteiger partial charge is 0.273 e. The van der Waals surface area contributed by atoms with Crippen molar-refractivity contribution < 1.29 is 4.79 Å². The summed E-state index contributed by atoms with van der Waals surface area (Å²) >= 11 is 1.37. The van der Waals surface area contributed by atoms with Gasteiger partial charge in [-0.25, -0.2) is 4.98 Å². The molecule has 1 fully saturated rings. The van der Waals surface area contributed by atoms with Crippen molar-refractivity contribution in [3.8, 4) is 0 Å². The Morgan fingerprint density at radius 3 is 2.93 bits per heavy atom. The highest BCUT2D eigenvalue weighted by molar-refractivity contribution is 7.22. The van der Waals surface area contributed by atoms with E-state index >= 15 is 0 Å². The molecule has 4 rings (SSSR count). The fourth-order valence-electron chi connectivity index (χ4n) is 3.45. The lowest BCUT2D eigenvalue weighted by Gasteiger charge is -2.30. The van der Waals surface area contributed by atoms with E-state index in [2.05, 4.69) is 27.1 Å². The summed E-state index contributed by atoms with van der Waals surface area (Å²) < 4.78 is 1.86. The zero-order valence-electron chi connectivity index (χ0n) is 15.8. The van der Waals surface area contributed by atoms with E-state index in [-0.39, 0.29) is 18.0 Å². The number of rotatable bonds is 5. The minimum absolute atomic E-state index is 0.0530. The average Bonchev–Trinajstić information content (AvgIpc) is 3.15. The van der Waals surface area contributed by atoms with Crippen molar-refractivity contribution in [2.45, 2.75) is 32.9 Å². The van der Waals surface area contributed by atoms with E-state index in [1.807, 2.05) is 30.3 Å². The second-order valence-corrected chi connectivity index (χ2v) is 8.26. The van der Waals surface area contributed by atoms with Crippen LogP contribution in [-0.2, 0) is 17.9 Å². The number of carbonyl (C=O) groups is 1. The number of fused-ring (bicyclic) bond motifs is 1. The van der Waals surface area contributed by atoms with Gasteiger partial charge >= 0.3 is 0 Å². The molecule has 1 N–H and O–H groups in total. The molecule has 0 radical (unpaired) electrons. The highest BCUT2D eigenvalue weighted by atomic mass is 32.1. The van der Waals surface area contributed by atoms with Crippen molar-refractivity contribution in [3.63, 3.8) is 0 Å². The number of nitrogens with one attached hydrogen (secondary N) is 1. The number of carbonyl (C=O) groups excluding carboxylic acids is 1. The predicted molar refractivity (Wildman–Crippen MR) is 111 cm³/mol. The van der Waals surface area contributed by atoms with Crippen LogP contribution in [0.25, 0.3) is 10.3 Å². The van der Waals surface area contributed by atoms with Gasteiger partial charge in [-0.2, -0.15) is 4.98 Å². The molecule has 1 saturated heterocycles. The van der Waals surface area contributed by atoms with Gasteiger partial charge in [-0.05, 0) is 24.3 Å². The molecule has 7 nitrogen and oxygen atoms in total. The summed E-state index contributed by atoms with van der Waals surface area (Å²) in [5.74, 6) is 0.403. The third kappa shape index (κ3) is 4.06. The largest absolute Gasteiger partial charge is 0.350 e. The fraction of sp³-hybridized carbons (Fsp3) is 0.400. The molecule has 1 amide bonds. The molecule has 0 saturated carbocycles. The molecule has 1 atom stereocenters.